The van der Waals surface area contributed by atoms with Crippen molar-refractivity contribution in [2.45, 2.75) is 0 Å². The second-order valence-corrected chi connectivity index (χ2v) is 13.0. The molecule has 0 heterocycles. The number of rotatable bonds is 14. The summed E-state index contributed by atoms with van der Waals surface area (Å²) in [5, 5.41) is 5.48. The van der Waals surface area contributed by atoms with Crippen LogP contribution in [-0.2, 0) is 0 Å². The third-order valence-corrected chi connectivity index (χ3v) is 9.12. The quantitative estimate of drug-likeness (QED) is 0.0471. The normalized spacial score (nSPS) is 10.2. The molecule has 0 radical (unpaired) electrons. The fraction of sp³-hybridized carbons (Fsp3) is 0.104. The number of benzene rings is 6. The molecule has 0 bridgehead atoms. The number of methoxy groups -OCH3 is 5. The molecule has 6 aromatic carbocycles. The van der Waals surface area contributed by atoms with Crippen molar-refractivity contribution in [1.82, 2.24) is 0 Å². The van der Waals surface area contributed by atoms with Crippen molar-refractivity contribution in [1.29, 1.82) is 0 Å². The lowest BCUT2D eigenvalue weighted by Crippen LogP contribution is -2.15. The molecule has 0 aliphatic carbocycles. The van der Waals surface area contributed by atoms with Gasteiger partial charge in [-0.1, -0.05) is 11.8 Å². The van der Waals surface area contributed by atoms with Crippen molar-refractivity contribution >= 4 is 41.4 Å². The van der Waals surface area contributed by atoms with Gasteiger partial charge < -0.3 is 43.8 Å². The van der Waals surface area contributed by atoms with Crippen molar-refractivity contribution in [3.05, 3.63) is 160 Å². The van der Waals surface area contributed by atoms with Crippen LogP contribution in [0.3, 0.4) is 0 Å². The molecule has 14 heteroatoms. The number of nitrogens with one attached hydrogen (secondary N) is 2. The first-order chi connectivity index (χ1) is 30.0. The van der Waals surface area contributed by atoms with Gasteiger partial charge in [-0.3, -0.25) is 14.4 Å². The highest BCUT2D eigenvalue weighted by molar-refractivity contribution is 6.09. The van der Waals surface area contributed by atoms with Gasteiger partial charge >= 0.3 is 11.9 Å². The fourth-order valence-electron chi connectivity index (χ4n) is 5.86. The molecule has 6 rings (SSSR count). The Bertz CT molecular complexity index is 2680. The van der Waals surface area contributed by atoms with Crippen molar-refractivity contribution in [2.75, 3.05) is 46.2 Å². The van der Waals surface area contributed by atoms with Crippen LogP contribution in [0.25, 0.3) is 0 Å². The van der Waals surface area contributed by atoms with E-state index in [-0.39, 0.29) is 33.6 Å². The SMILES string of the molecule is COc1cc(C=O)c(C(=O)Nc2ccc(C(=O)Oc3ccc(C#Cc4ccc(OC(=O)c5ccc(NC(=O)c6cc(OC)c(OC)cc6OC)cc5)cc4)cc3)cc2)cc1OC. The number of aldehydes is 1. The van der Waals surface area contributed by atoms with Crippen LogP contribution in [0, 0.1) is 11.8 Å². The van der Waals surface area contributed by atoms with E-state index in [9.17, 15) is 24.0 Å². The summed E-state index contributed by atoms with van der Waals surface area (Å²) in [4.78, 5) is 63.3. The van der Waals surface area contributed by atoms with E-state index >= 15 is 0 Å². The molecular weight excluding hydrogens is 797 g/mol. The summed E-state index contributed by atoms with van der Waals surface area (Å²) in [6, 6.07) is 31.5. The largest absolute Gasteiger partial charge is 0.496 e. The van der Waals surface area contributed by atoms with Gasteiger partial charge in [0.2, 0.25) is 0 Å². The highest BCUT2D eigenvalue weighted by Crippen LogP contribution is 2.35. The number of esters is 2. The Balaban J connectivity index is 0.989. The molecule has 312 valence electrons. The molecule has 62 heavy (non-hydrogen) atoms. The minimum atomic E-state index is -0.611. The van der Waals surface area contributed by atoms with Crippen molar-refractivity contribution < 1.29 is 57.1 Å². The Morgan fingerprint density at radius 2 is 0.823 bits per heavy atom. The first-order valence-electron chi connectivity index (χ1n) is 18.6. The van der Waals surface area contributed by atoms with Gasteiger partial charge in [0.05, 0.1) is 57.8 Å². The Kier molecular flexibility index (Phi) is 13.8. The molecule has 0 saturated heterocycles. The summed E-state index contributed by atoms with van der Waals surface area (Å²) < 4.78 is 37.4. The van der Waals surface area contributed by atoms with Crippen LogP contribution in [0.15, 0.2) is 121 Å². The van der Waals surface area contributed by atoms with Crippen LogP contribution in [0.5, 0.6) is 40.2 Å². The molecule has 0 aromatic heterocycles. The van der Waals surface area contributed by atoms with Gasteiger partial charge in [0.15, 0.2) is 29.3 Å². The van der Waals surface area contributed by atoms with Crippen molar-refractivity contribution in [3.8, 4) is 52.1 Å². The average Bonchev–Trinajstić information content (AvgIpc) is 3.31. The molecule has 0 atom stereocenters. The highest BCUT2D eigenvalue weighted by Gasteiger charge is 2.20. The molecular formula is C48H38N2O12. The Hall–Kier alpha value is -8.57. The molecule has 0 unspecified atom stereocenters. The van der Waals surface area contributed by atoms with E-state index in [2.05, 4.69) is 22.5 Å². The number of ether oxygens (including phenoxy) is 7. The van der Waals surface area contributed by atoms with E-state index in [4.69, 9.17) is 33.2 Å². The summed E-state index contributed by atoms with van der Waals surface area (Å²) in [5.74, 6) is 6.18. The Morgan fingerprint density at radius 3 is 1.23 bits per heavy atom. The molecule has 0 saturated carbocycles. The molecule has 2 amide bonds. The van der Waals surface area contributed by atoms with Crippen LogP contribution in [0.2, 0.25) is 0 Å². The first kappa shape index (κ1) is 43.0. The van der Waals surface area contributed by atoms with E-state index in [0.717, 1.165) is 0 Å². The first-order valence-corrected chi connectivity index (χ1v) is 18.6. The van der Waals surface area contributed by atoms with Crippen LogP contribution < -0.4 is 43.8 Å². The van der Waals surface area contributed by atoms with Gasteiger partial charge in [-0.15, -0.1) is 0 Å². The lowest BCUT2D eigenvalue weighted by Gasteiger charge is -2.14. The predicted octanol–water partition coefficient (Wildman–Crippen LogP) is 7.88. The van der Waals surface area contributed by atoms with E-state index in [1.54, 1.807) is 66.7 Å². The van der Waals surface area contributed by atoms with Crippen LogP contribution >= 0.6 is 0 Å². The summed E-state index contributed by atoms with van der Waals surface area (Å²) in [7, 11) is 7.24. The average molecular weight is 835 g/mol. The number of hydrogen-bond acceptors (Lipinski definition) is 12. The maximum Gasteiger partial charge on any atom is 0.343 e. The Labute approximate surface area is 356 Å². The predicted molar refractivity (Wildman–Crippen MR) is 229 cm³/mol. The third kappa shape index (κ3) is 10.3. The number of anilines is 2. The van der Waals surface area contributed by atoms with Crippen molar-refractivity contribution in [2.24, 2.45) is 0 Å². The van der Waals surface area contributed by atoms with Gasteiger partial charge in [0.1, 0.15) is 17.2 Å². The molecule has 0 aliphatic heterocycles. The van der Waals surface area contributed by atoms with Gasteiger partial charge in [0.25, 0.3) is 11.8 Å². The van der Waals surface area contributed by atoms with Crippen molar-refractivity contribution in [3.63, 3.8) is 0 Å². The monoisotopic (exact) mass is 834 g/mol. The molecule has 0 fully saturated rings. The van der Waals surface area contributed by atoms with E-state index in [1.165, 1.54) is 90.1 Å². The van der Waals surface area contributed by atoms with Gasteiger partial charge in [-0.2, -0.15) is 0 Å². The third-order valence-electron chi connectivity index (χ3n) is 9.12. The minimum Gasteiger partial charge on any atom is -0.496 e. The molecule has 14 nitrogen and oxygen atoms in total. The maximum atomic E-state index is 13.0. The van der Waals surface area contributed by atoms with E-state index < -0.39 is 23.8 Å². The smallest absolute Gasteiger partial charge is 0.343 e. The fourth-order valence-corrected chi connectivity index (χ4v) is 5.86. The van der Waals surface area contributed by atoms with Gasteiger partial charge in [-0.05, 0) is 109 Å². The second kappa shape index (κ2) is 19.9. The number of hydrogen-bond donors (Lipinski definition) is 2. The number of carbonyl (C=O) groups excluding carboxylic acids is 5. The topological polar surface area (TPSA) is 174 Å². The van der Waals surface area contributed by atoms with Gasteiger partial charge in [-0.25, -0.2) is 9.59 Å². The van der Waals surface area contributed by atoms with Crippen LogP contribution in [0.1, 0.15) is 62.9 Å². The standard InChI is InChI=1S/C48H38N2O12/c1-56-40-27-44(60-5)43(59-4)26-39(40)46(53)50-35-18-14-32(15-19-35)48(55)62-37-22-10-30(11-23-37)7-6-29-8-20-36(21-9-29)61-47(54)31-12-16-34(17-13-31)49-45(52)38-25-42(58-3)41(57-2)24-33(38)28-51/h8-28H,1-5H3,(H,49,52)(H,50,53). The van der Waals surface area contributed by atoms with Gasteiger partial charge in [0, 0.05) is 40.2 Å². The maximum absolute atomic E-state index is 13.0. The molecule has 0 aliphatic rings. The summed E-state index contributed by atoms with van der Waals surface area (Å²) in [6.07, 6.45) is 0.550. The van der Waals surface area contributed by atoms with E-state index in [0.29, 0.717) is 63.3 Å². The highest BCUT2D eigenvalue weighted by atomic mass is 16.5. The lowest BCUT2D eigenvalue weighted by atomic mass is 10.1. The lowest BCUT2D eigenvalue weighted by molar-refractivity contribution is 0.0725. The molecule has 2 N–H and O–H groups in total. The zero-order chi connectivity index (χ0) is 44.2. The number of amides is 2. The van der Waals surface area contributed by atoms with Crippen LogP contribution in [0.4, 0.5) is 11.4 Å². The summed E-state index contributed by atoms with van der Waals surface area (Å²) in [5.41, 5.74) is 3.12. The summed E-state index contributed by atoms with van der Waals surface area (Å²) >= 11 is 0. The zero-order valence-corrected chi connectivity index (χ0v) is 34.0. The van der Waals surface area contributed by atoms with Crippen LogP contribution in [-0.4, -0.2) is 65.6 Å². The Morgan fingerprint density at radius 1 is 0.452 bits per heavy atom. The number of carbonyl (C=O) groups is 5. The second-order valence-electron chi connectivity index (χ2n) is 13.0. The molecule has 6 aromatic rings. The summed E-state index contributed by atoms with van der Waals surface area (Å²) in [6.45, 7) is 0. The zero-order valence-electron chi connectivity index (χ0n) is 34.0. The van der Waals surface area contributed by atoms with E-state index in [1.807, 2.05) is 0 Å². The minimum absolute atomic E-state index is 0.0906. The molecule has 0 spiro atoms.